The number of carbonyl (C=O) groups excluding carboxylic acids is 2. The lowest BCUT2D eigenvalue weighted by molar-refractivity contribution is -0.238. The summed E-state index contributed by atoms with van der Waals surface area (Å²) in [5.74, 6) is 1.90. The average Bonchev–Trinajstić information content (AvgIpc) is 2.60. The van der Waals surface area contributed by atoms with E-state index in [-0.39, 0.29) is 17.5 Å². The van der Waals surface area contributed by atoms with Crippen LogP contribution in [0.25, 0.3) is 0 Å². The normalized spacial score (nSPS) is 36.6. The molecule has 4 nitrogen and oxygen atoms in total. The molecule has 160 valence electrons. The monoisotopic (exact) mass is 392 g/mol. The molecule has 0 aromatic carbocycles. The molecule has 4 aliphatic carbocycles. The Morgan fingerprint density at radius 1 is 1.11 bits per heavy atom. The molecule has 2 atom stereocenters. The van der Waals surface area contributed by atoms with E-state index in [9.17, 15) is 9.59 Å². The van der Waals surface area contributed by atoms with Gasteiger partial charge in [0.25, 0.3) is 0 Å². The maximum absolute atomic E-state index is 12.8. The largest absolute Gasteiger partial charge is 0.465 e. The van der Waals surface area contributed by atoms with Crippen molar-refractivity contribution >= 4 is 11.9 Å². The quantitative estimate of drug-likeness (QED) is 0.402. The number of hydrogen-bond donors (Lipinski definition) is 0. The lowest BCUT2D eigenvalue weighted by Crippen LogP contribution is -2.64. The first-order valence-electron chi connectivity index (χ1n) is 11.4. The zero-order valence-electron chi connectivity index (χ0n) is 18.8. The van der Waals surface area contributed by atoms with E-state index < -0.39 is 5.41 Å². The minimum atomic E-state index is -0.460. The number of hydrogen-bond acceptors (Lipinski definition) is 4. The molecule has 4 aliphatic rings. The summed E-state index contributed by atoms with van der Waals surface area (Å²) in [6.45, 7) is 13.0. The molecular weight excluding hydrogens is 352 g/mol. The van der Waals surface area contributed by atoms with Crippen LogP contribution in [0.2, 0.25) is 0 Å². The van der Waals surface area contributed by atoms with Crippen LogP contribution in [0.1, 0.15) is 92.9 Å². The van der Waals surface area contributed by atoms with Gasteiger partial charge in [0.1, 0.15) is 5.60 Å². The highest BCUT2D eigenvalue weighted by Crippen LogP contribution is 2.66. The van der Waals surface area contributed by atoms with Gasteiger partial charge in [0.15, 0.2) is 0 Å². The Labute approximate surface area is 171 Å². The van der Waals surface area contributed by atoms with Crippen LogP contribution in [0.4, 0.5) is 0 Å². The third-order valence-corrected chi connectivity index (χ3v) is 8.16. The minimum absolute atomic E-state index is 0.114. The lowest BCUT2D eigenvalue weighted by atomic mass is 9.43. The second-order valence-corrected chi connectivity index (χ2v) is 11.1. The summed E-state index contributed by atoms with van der Waals surface area (Å²) < 4.78 is 11.7. The minimum Gasteiger partial charge on any atom is -0.465 e. The van der Waals surface area contributed by atoms with Crippen molar-refractivity contribution in [3.63, 3.8) is 0 Å². The Morgan fingerprint density at radius 2 is 1.71 bits per heavy atom. The van der Waals surface area contributed by atoms with Gasteiger partial charge in [-0.25, -0.2) is 0 Å². The molecule has 4 bridgehead atoms. The summed E-state index contributed by atoms with van der Waals surface area (Å²) in [5.41, 5.74) is -0.283. The van der Waals surface area contributed by atoms with Crippen LogP contribution >= 0.6 is 0 Å². The summed E-state index contributed by atoms with van der Waals surface area (Å²) in [6.07, 6.45) is 7.82. The Balaban J connectivity index is 1.56. The summed E-state index contributed by atoms with van der Waals surface area (Å²) in [7, 11) is 0. The van der Waals surface area contributed by atoms with Crippen LogP contribution in [0.5, 0.6) is 0 Å². The van der Waals surface area contributed by atoms with Crippen LogP contribution in [0, 0.1) is 34.5 Å². The van der Waals surface area contributed by atoms with Gasteiger partial charge in [-0.05, 0) is 76.0 Å². The SMILES string of the molecule is CCC(C)(C)C(=O)OCCCC(=O)OC1(C(C)C)C2CC3CC1CC(C)(C3)C2. The van der Waals surface area contributed by atoms with Crippen molar-refractivity contribution in [3.8, 4) is 0 Å². The van der Waals surface area contributed by atoms with Gasteiger partial charge >= 0.3 is 11.9 Å². The van der Waals surface area contributed by atoms with Crippen LogP contribution < -0.4 is 0 Å². The van der Waals surface area contributed by atoms with E-state index in [0.29, 0.717) is 42.6 Å². The maximum atomic E-state index is 12.8. The third kappa shape index (κ3) is 3.85. The van der Waals surface area contributed by atoms with Gasteiger partial charge in [-0.2, -0.15) is 0 Å². The fourth-order valence-corrected chi connectivity index (χ4v) is 6.59. The smallest absolute Gasteiger partial charge is 0.311 e. The molecule has 0 spiro atoms. The highest BCUT2D eigenvalue weighted by Gasteiger charge is 2.63. The highest BCUT2D eigenvalue weighted by atomic mass is 16.6. The molecule has 4 saturated carbocycles. The molecule has 0 saturated heterocycles. The second-order valence-electron chi connectivity index (χ2n) is 11.1. The van der Waals surface area contributed by atoms with Gasteiger partial charge in [-0.1, -0.05) is 27.7 Å². The van der Waals surface area contributed by atoms with Crippen LogP contribution in [-0.2, 0) is 19.1 Å². The summed E-state index contributed by atoms with van der Waals surface area (Å²) >= 11 is 0. The Morgan fingerprint density at radius 3 is 2.21 bits per heavy atom. The van der Waals surface area contributed by atoms with Gasteiger partial charge in [0, 0.05) is 18.3 Å². The molecule has 0 aliphatic heterocycles. The molecule has 4 rings (SSSR count). The van der Waals surface area contributed by atoms with Crippen molar-refractivity contribution in [2.75, 3.05) is 6.61 Å². The Hall–Kier alpha value is -1.06. The van der Waals surface area contributed by atoms with E-state index in [0.717, 1.165) is 12.3 Å². The Bertz CT molecular complexity index is 590. The average molecular weight is 393 g/mol. The van der Waals surface area contributed by atoms with Crippen molar-refractivity contribution in [2.24, 2.45) is 34.5 Å². The number of carbonyl (C=O) groups is 2. The van der Waals surface area contributed by atoms with E-state index in [1.165, 1.54) is 32.1 Å². The van der Waals surface area contributed by atoms with Gasteiger partial charge in [-0.3, -0.25) is 9.59 Å². The Kier molecular flexibility index (Phi) is 5.91. The second kappa shape index (κ2) is 7.65. The first-order valence-corrected chi connectivity index (χ1v) is 11.4. The molecule has 2 unspecified atom stereocenters. The molecule has 28 heavy (non-hydrogen) atoms. The van der Waals surface area contributed by atoms with Crippen LogP contribution in [-0.4, -0.2) is 24.1 Å². The number of ether oxygens (including phenoxy) is 2. The van der Waals surface area contributed by atoms with Gasteiger partial charge in [-0.15, -0.1) is 0 Å². The maximum Gasteiger partial charge on any atom is 0.311 e. The van der Waals surface area contributed by atoms with Crippen molar-refractivity contribution < 1.29 is 19.1 Å². The molecule has 0 amide bonds. The van der Waals surface area contributed by atoms with E-state index in [1.54, 1.807) is 0 Å². The molecule has 0 aromatic heterocycles. The lowest BCUT2D eigenvalue weighted by Gasteiger charge is -2.65. The van der Waals surface area contributed by atoms with Gasteiger partial charge in [0.05, 0.1) is 12.0 Å². The molecule has 4 fully saturated rings. The van der Waals surface area contributed by atoms with Crippen molar-refractivity contribution in [1.29, 1.82) is 0 Å². The molecule has 0 aromatic rings. The molecular formula is C24H40O4. The highest BCUT2D eigenvalue weighted by molar-refractivity contribution is 5.75. The predicted octanol–water partition coefficient (Wildman–Crippen LogP) is 5.53. The molecule has 0 heterocycles. The van der Waals surface area contributed by atoms with E-state index in [1.807, 2.05) is 20.8 Å². The first-order chi connectivity index (χ1) is 13.0. The van der Waals surface area contributed by atoms with Gasteiger partial charge < -0.3 is 9.47 Å². The summed E-state index contributed by atoms with van der Waals surface area (Å²) in [6, 6.07) is 0. The number of rotatable bonds is 8. The van der Waals surface area contributed by atoms with E-state index >= 15 is 0 Å². The summed E-state index contributed by atoms with van der Waals surface area (Å²) in [5, 5.41) is 0. The third-order valence-electron chi connectivity index (χ3n) is 8.16. The van der Waals surface area contributed by atoms with Crippen molar-refractivity contribution in [2.45, 2.75) is 98.5 Å². The fourth-order valence-electron chi connectivity index (χ4n) is 6.59. The van der Waals surface area contributed by atoms with E-state index in [4.69, 9.17) is 9.47 Å². The van der Waals surface area contributed by atoms with E-state index in [2.05, 4.69) is 20.8 Å². The van der Waals surface area contributed by atoms with Crippen LogP contribution in [0.3, 0.4) is 0 Å². The van der Waals surface area contributed by atoms with Crippen molar-refractivity contribution in [1.82, 2.24) is 0 Å². The van der Waals surface area contributed by atoms with Crippen LogP contribution in [0.15, 0.2) is 0 Å². The molecule has 4 heteroatoms. The zero-order chi connectivity index (χ0) is 20.7. The fraction of sp³-hybridized carbons (Fsp3) is 0.917. The standard InChI is InChI=1S/C24H40O4/c1-7-22(4,5)21(26)27-10-8-9-20(25)28-24(16(2)3)18-11-17-12-19(24)15-23(6,13-17)14-18/h16-19H,7-15H2,1-6H3. The predicted molar refractivity (Wildman–Crippen MR) is 110 cm³/mol. The molecule has 0 N–H and O–H groups in total. The molecule has 0 radical (unpaired) electrons. The van der Waals surface area contributed by atoms with Gasteiger partial charge in [0.2, 0.25) is 0 Å². The summed E-state index contributed by atoms with van der Waals surface area (Å²) in [4.78, 5) is 24.8. The number of esters is 2. The zero-order valence-corrected chi connectivity index (χ0v) is 18.8. The van der Waals surface area contributed by atoms with Crippen molar-refractivity contribution in [3.05, 3.63) is 0 Å². The first kappa shape index (κ1) is 21.6. The topological polar surface area (TPSA) is 52.6 Å².